The van der Waals surface area contributed by atoms with Crippen LogP contribution in [0, 0.1) is 5.41 Å². The molecule has 0 aliphatic heterocycles. The van der Waals surface area contributed by atoms with Gasteiger partial charge in [0.05, 0.1) is 0 Å². The fraction of sp³-hybridized carbons (Fsp3) is 0. The van der Waals surface area contributed by atoms with E-state index >= 15 is 0 Å². The second-order valence-corrected chi connectivity index (χ2v) is 1.97. The Hall–Kier alpha value is -1.71. The highest BCUT2D eigenvalue weighted by molar-refractivity contribution is 6.00. The van der Waals surface area contributed by atoms with Crippen molar-refractivity contribution in [2.24, 2.45) is 5.73 Å². The Bertz CT molecular complexity index is 295. The van der Waals surface area contributed by atoms with Crippen LogP contribution in [0.5, 0.6) is 0 Å². The topological polar surface area (TPSA) is 79.8 Å². The second kappa shape index (κ2) is 2.92. The first-order chi connectivity index (χ1) is 5.25. The zero-order valence-corrected chi connectivity index (χ0v) is 5.74. The molecule has 0 atom stereocenters. The van der Waals surface area contributed by atoms with Gasteiger partial charge in [-0.3, -0.25) is 15.2 Å². The Balaban J connectivity index is 3.22. The number of hydrogen-bond acceptors (Lipinski definition) is 3. The van der Waals surface area contributed by atoms with Crippen LogP contribution >= 0.6 is 0 Å². The zero-order valence-electron chi connectivity index (χ0n) is 5.74. The minimum absolute atomic E-state index is 0.187. The van der Waals surface area contributed by atoms with Crippen LogP contribution < -0.4 is 5.73 Å². The molecule has 1 rings (SSSR count). The summed E-state index contributed by atoms with van der Waals surface area (Å²) >= 11 is 0. The molecule has 0 spiro atoms. The fourth-order valence-electron chi connectivity index (χ4n) is 0.738. The molecule has 0 aromatic carbocycles. The van der Waals surface area contributed by atoms with Gasteiger partial charge in [-0.05, 0) is 12.1 Å². The van der Waals surface area contributed by atoms with Crippen molar-refractivity contribution < 1.29 is 4.79 Å². The highest BCUT2D eigenvalue weighted by atomic mass is 16.1. The molecular weight excluding hydrogens is 142 g/mol. The van der Waals surface area contributed by atoms with Crippen molar-refractivity contribution in [3.63, 3.8) is 0 Å². The number of carbonyl (C=O) groups is 1. The van der Waals surface area contributed by atoms with Crippen molar-refractivity contribution >= 4 is 12.1 Å². The Labute approximate surface area is 63.6 Å². The number of nitrogens with two attached hydrogens (primary N) is 1. The number of pyridine rings is 1. The maximum atomic E-state index is 10.3. The Morgan fingerprint density at radius 2 is 2.45 bits per heavy atom. The lowest BCUT2D eigenvalue weighted by atomic mass is 10.2. The molecule has 0 saturated carbocycles. The third kappa shape index (κ3) is 1.40. The zero-order chi connectivity index (χ0) is 8.27. The number of nitrogen functional groups attached to an aromatic ring is 1. The minimum atomic E-state index is -0.187. The molecule has 0 saturated heterocycles. The SMILES string of the molecule is N=C(N)c1ncccc1C=O. The third-order valence-corrected chi connectivity index (χ3v) is 1.22. The molecule has 0 bridgehead atoms. The van der Waals surface area contributed by atoms with Gasteiger partial charge in [-0.1, -0.05) is 0 Å². The summed E-state index contributed by atoms with van der Waals surface area (Å²) in [5.41, 5.74) is 5.74. The number of nitrogens with zero attached hydrogens (tertiary/aromatic N) is 1. The lowest BCUT2D eigenvalue weighted by Gasteiger charge is -1.98. The third-order valence-electron chi connectivity index (χ3n) is 1.22. The molecule has 1 aromatic heterocycles. The summed E-state index contributed by atoms with van der Waals surface area (Å²) in [5, 5.41) is 7.04. The summed E-state index contributed by atoms with van der Waals surface area (Å²) in [7, 11) is 0. The molecule has 0 radical (unpaired) electrons. The van der Waals surface area contributed by atoms with Crippen molar-refractivity contribution in [2.75, 3.05) is 0 Å². The monoisotopic (exact) mass is 149 g/mol. The van der Waals surface area contributed by atoms with E-state index < -0.39 is 0 Å². The van der Waals surface area contributed by atoms with Gasteiger partial charge in [0.2, 0.25) is 0 Å². The summed E-state index contributed by atoms with van der Waals surface area (Å²) in [6, 6.07) is 3.19. The van der Waals surface area contributed by atoms with Gasteiger partial charge in [-0.2, -0.15) is 0 Å². The summed E-state index contributed by atoms with van der Waals surface area (Å²) in [6.45, 7) is 0. The second-order valence-electron chi connectivity index (χ2n) is 1.97. The molecule has 11 heavy (non-hydrogen) atoms. The van der Waals surface area contributed by atoms with E-state index in [1.54, 1.807) is 12.1 Å². The lowest BCUT2D eigenvalue weighted by molar-refractivity contribution is 0.112. The first-order valence-corrected chi connectivity index (χ1v) is 3.00. The van der Waals surface area contributed by atoms with E-state index in [-0.39, 0.29) is 11.5 Å². The molecule has 56 valence electrons. The Morgan fingerprint density at radius 1 is 1.73 bits per heavy atom. The average molecular weight is 149 g/mol. The van der Waals surface area contributed by atoms with Crippen LogP contribution in [0.4, 0.5) is 0 Å². The molecule has 4 heteroatoms. The van der Waals surface area contributed by atoms with Crippen LogP contribution in [0.25, 0.3) is 0 Å². The van der Waals surface area contributed by atoms with Gasteiger partial charge in [-0.15, -0.1) is 0 Å². The van der Waals surface area contributed by atoms with Crippen molar-refractivity contribution in [1.29, 1.82) is 5.41 Å². The van der Waals surface area contributed by atoms with Gasteiger partial charge < -0.3 is 5.73 Å². The first kappa shape index (κ1) is 7.40. The van der Waals surface area contributed by atoms with Gasteiger partial charge in [0.25, 0.3) is 0 Å². The van der Waals surface area contributed by atoms with Gasteiger partial charge in [0, 0.05) is 11.8 Å². The van der Waals surface area contributed by atoms with Crippen LogP contribution in [0.2, 0.25) is 0 Å². The van der Waals surface area contributed by atoms with E-state index in [9.17, 15) is 4.79 Å². The number of carbonyl (C=O) groups excluding carboxylic acids is 1. The summed E-state index contributed by atoms with van der Waals surface area (Å²) in [4.78, 5) is 14.1. The van der Waals surface area contributed by atoms with Gasteiger partial charge in [-0.25, -0.2) is 0 Å². The predicted molar refractivity (Wildman–Crippen MR) is 40.6 cm³/mol. The van der Waals surface area contributed by atoms with E-state index in [2.05, 4.69) is 4.98 Å². The molecule has 4 nitrogen and oxygen atoms in total. The van der Waals surface area contributed by atoms with Crippen LogP contribution in [0.15, 0.2) is 18.3 Å². The van der Waals surface area contributed by atoms with E-state index in [0.717, 1.165) is 0 Å². The largest absolute Gasteiger partial charge is 0.382 e. The molecule has 0 fully saturated rings. The number of aldehydes is 1. The standard InChI is InChI=1S/C7H7N3O/c8-7(9)6-5(4-11)2-1-3-10-6/h1-4H,(H3,8,9). The normalized spacial score (nSPS) is 9.09. The Kier molecular flexibility index (Phi) is 1.96. The average Bonchev–Trinajstić information content (AvgIpc) is 2.04. The molecule has 0 unspecified atom stereocenters. The summed E-state index contributed by atoms with van der Waals surface area (Å²) in [6.07, 6.45) is 2.12. The number of rotatable bonds is 2. The van der Waals surface area contributed by atoms with Crippen molar-refractivity contribution in [2.45, 2.75) is 0 Å². The molecule has 1 aromatic rings. The van der Waals surface area contributed by atoms with Crippen molar-refractivity contribution in [1.82, 2.24) is 4.98 Å². The highest BCUT2D eigenvalue weighted by Gasteiger charge is 2.03. The molecule has 0 aliphatic carbocycles. The number of hydrogen-bond donors (Lipinski definition) is 2. The number of nitrogens with one attached hydrogen (secondary N) is 1. The van der Waals surface area contributed by atoms with Gasteiger partial charge in [0.1, 0.15) is 11.5 Å². The first-order valence-electron chi connectivity index (χ1n) is 3.00. The minimum Gasteiger partial charge on any atom is -0.382 e. The van der Waals surface area contributed by atoms with Crippen LogP contribution in [-0.2, 0) is 0 Å². The lowest BCUT2D eigenvalue weighted by Crippen LogP contribution is -2.15. The number of amidine groups is 1. The fourth-order valence-corrected chi connectivity index (χ4v) is 0.738. The van der Waals surface area contributed by atoms with Gasteiger partial charge in [0.15, 0.2) is 6.29 Å². The molecule has 0 amide bonds. The molecule has 1 heterocycles. The van der Waals surface area contributed by atoms with E-state index in [1.165, 1.54) is 6.20 Å². The van der Waals surface area contributed by atoms with E-state index in [0.29, 0.717) is 11.8 Å². The maximum Gasteiger partial charge on any atom is 0.152 e. The van der Waals surface area contributed by atoms with Crippen LogP contribution in [-0.4, -0.2) is 17.1 Å². The van der Waals surface area contributed by atoms with Crippen LogP contribution in [0.3, 0.4) is 0 Å². The van der Waals surface area contributed by atoms with E-state index in [1.807, 2.05) is 0 Å². The quantitative estimate of drug-likeness (QED) is 0.357. The predicted octanol–water partition coefficient (Wildman–Crippen LogP) is 0.178. The van der Waals surface area contributed by atoms with Crippen molar-refractivity contribution in [3.05, 3.63) is 29.6 Å². The summed E-state index contributed by atoms with van der Waals surface area (Å²) < 4.78 is 0. The van der Waals surface area contributed by atoms with Gasteiger partial charge >= 0.3 is 0 Å². The van der Waals surface area contributed by atoms with E-state index in [4.69, 9.17) is 11.1 Å². The maximum absolute atomic E-state index is 10.3. The molecule has 3 N–H and O–H groups in total. The molecular formula is C7H7N3O. The Morgan fingerprint density at radius 3 is 2.91 bits per heavy atom. The highest BCUT2D eigenvalue weighted by Crippen LogP contribution is 1.99. The van der Waals surface area contributed by atoms with Crippen molar-refractivity contribution in [3.8, 4) is 0 Å². The van der Waals surface area contributed by atoms with Crippen LogP contribution in [0.1, 0.15) is 16.1 Å². The summed E-state index contributed by atoms with van der Waals surface area (Å²) in [5.74, 6) is -0.187. The smallest absolute Gasteiger partial charge is 0.152 e. The number of aromatic nitrogens is 1. The molecule has 0 aliphatic rings.